The van der Waals surface area contributed by atoms with E-state index in [-0.39, 0.29) is 13.2 Å². The van der Waals surface area contributed by atoms with Crippen molar-refractivity contribution in [2.24, 2.45) is 0 Å². The topological polar surface area (TPSA) is 55.8 Å². The van der Waals surface area contributed by atoms with Crippen LogP contribution in [0.4, 0.5) is 0 Å². The molecule has 5 heteroatoms. The summed E-state index contributed by atoms with van der Waals surface area (Å²) >= 11 is 5.36. The Bertz CT molecular complexity index is 305. The van der Waals surface area contributed by atoms with Crippen molar-refractivity contribution in [1.82, 2.24) is 0 Å². The minimum absolute atomic E-state index is 0.0832. The minimum atomic E-state index is -0.0832. The molecule has 0 aliphatic heterocycles. The Balaban J connectivity index is 4.89. The van der Waals surface area contributed by atoms with Crippen LogP contribution in [0.25, 0.3) is 0 Å². The second-order valence-corrected chi connectivity index (χ2v) is 3.00. The van der Waals surface area contributed by atoms with E-state index in [2.05, 4.69) is 0 Å². The lowest BCUT2D eigenvalue weighted by molar-refractivity contribution is -0.104. The summed E-state index contributed by atoms with van der Waals surface area (Å²) < 4.78 is 10.2. The number of rotatable bonds is 7. The van der Waals surface area contributed by atoms with Crippen LogP contribution in [0.5, 0.6) is 0 Å². The minimum Gasteiger partial charge on any atom is -0.493 e. The number of halogens is 1. The van der Waals surface area contributed by atoms with Crippen molar-refractivity contribution in [2.45, 2.75) is 6.92 Å². The van der Waals surface area contributed by atoms with E-state index >= 15 is 0 Å². The molecule has 0 atom stereocenters. The number of aliphatic hydroxyl groups excluding tert-OH is 1. The molecule has 0 aliphatic carbocycles. The molecule has 0 rings (SSSR count). The van der Waals surface area contributed by atoms with Crippen LogP contribution in [0, 0.1) is 0 Å². The van der Waals surface area contributed by atoms with Gasteiger partial charge < -0.3 is 14.6 Å². The first-order valence-corrected chi connectivity index (χ1v) is 5.05. The molecule has 0 saturated heterocycles. The van der Waals surface area contributed by atoms with Gasteiger partial charge >= 0.3 is 0 Å². The third-order valence-electron chi connectivity index (χ3n) is 1.67. The van der Waals surface area contributed by atoms with Crippen molar-refractivity contribution >= 4 is 17.9 Å². The highest BCUT2D eigenvalue weighted by molar-refractivity contribution is 6.25. The lowest BCUT2D eigenvalue weighted by Gasteiger charge is -2.08. The number of hydrogen-bond donors (Lipinski definition) is 1. The molecule has 4 nitrogen and oxygen atoms in total. The van der Waals surface area contributed by atoms with Crippen molar-refractivity contribution in [3.63, 3.8) is 0 Å². The number of aldehydes is 1. The average molecular weight is 247 g/mol. The molecular formula is C11H15ClO4. The van der Waals surface area contributed by atoms with E-state index in [0.29, 0.717) is 23.4 Å². The Kier molecular flexibility index (Phi) is 8.29. The molecule has 1 N–H and O–H groups in total. The number of ether oxygens (including phenoxy) is 2. The summed E-state index contributed by atoms with van der Waals surface area (Å²) in [5.74, 6) is 0.893. The fourth-order valence-corrected chi connectivity index (χ4v) is 1.07. The van der Waals surface area contributed by atoms with Crippen LogP contribution >= 0.6 is 11.6 Å². The zero-order valence-corrected chi connectivity index (χ0v) is 10.0. The summed E-state index contributed by atoms with van der Waals surface area (Å²) in [7, 11) is 1.46. The number of aliphatic hydroxyl groups is 1. The molecule has 0 aromatic heterocycles. The average Bonchev–Trinajstić information content (AvgIpc) is 2.31. The van der Waals surface area contributed by atoms with E-state index in [1.165, 1.54) is 24.8 Å². The SMILES string of the molecule is COC(/C=C(C=O)\C=C\Cl)=C(/C)OCCO. The van der Waals surface area contributed by atoms with Crippen molar-refractivity contribution in [1.29, 1.82) is 0 Å². The number of hydrogen-bond acceptors (Lipinski definition) is 4. The van der Waals surface area contributed by atoms with E-state index in [1.807, 2.05) is 0 Å². The van der Waals surface area contributed by atoms with E-state index in [1.54, 1.807) is 6.92 Å². The molecular weight excluding hydrogens is 232 g/mol. The molecule has 0 bridgehead atoms. The third kappa shape index (κ3) is 5.58. The van der Waals surface area contributed by atoms with E-state index in [4.69, 9.17) is 26.2 Å². The molecule has 0 aromatic carbocycles. The van der Waals surface area contributed by atoms with Crippen LogP contribution in [-0.2, 0) is 14.3 Å². The predicted octanol–water partition coefficient (Wildman–Crippen LogP) is 1.75. The zero-order valence-electron chi connectivity index (χ0n) is 9.27. The molecule has 0 fully saturated rings. The summed E-state index contributed by atoms with van der Waals surface area (Å²) in [4.78, 5) is 10.6. The fraction of sp³-hybridized carbons (Fsp3) is 0.364. The highest BCUT2D eigenvalue weighted by Crippen LogP contribution is 2.11. The maximum Gasteiger partial charge on any atom is 0.156 e. The van der Waals surface area contributed by atoms with Crippen molar-refractivity contribution in [3.8, 4) is 0 Å². The smallest absolute Gasteiger partial charge is 0.156 e. The van der Waals surface area contributed by atoms with E-state index in [9.17, 15) is 4.79 Å². The first kappa shape index (κ1) is 14.7. The fourth-order valence-electron chi connectivity index (χ4n) is 0.920. The first-order chi connectivity index (χ1) is 7.69. The third-order valence-corrected chi connectivity index (χ3v) is 1.79. The summed E-state index contributed by atoms with van der Waals surface area (Å²) in [5, 5.41) is 8.59. The van der Waals surface area contributed by atoms with E-state index in [0.717, 1.165) is 0 Å². The molecule has 0 unspecified atom stereocenters. The van der Waals surface area contributed by atoms with Gasteiger partial charge in [-0.3, -0.25) is 4.79 Å². The van der Waals surface area contributed by atoms with Gasteiger partial charge in [0.1, 0.15) is 18.7 Å². The monoisotopic (exact) mass is 246 g/mol. The van der Waals surface area contributed by atoms with Gasteiger partial charge in [0, 0.05) is 11.1 Å². The van der Waals surface area contributed by atoms with Gasteiger partial charge in [0.2, 0.25) is 0 Å². The predicted molar refractivity (Wildman–Crippen MR) is 61.9 cm³/mol. The van der Waals surface area contributed by atoms with Crippen LogP contribution in [0.2, 0.25) is 0 Å². The van der Waals surface area contributed by atoms with Crippen molar-refractivity contribution < 1.29 is 19.4 Å². The summed E-state index contributed by atoms with van der Waals surface area (Å²) in [6.45, 7) is 1.77. The number of carbonyl (C=O) groups is 1. The lowest BCUT2D eigenvalue weighted by Crippen LogP contribution is -2.00. The molecule has 90 valence electrons. The lowest BCUT2D eigenvalue weighted by atomic mass is 10.2. The standard InChI is InChI=1S/C11H15ClO4/c1-9(16-6-5-13)11(15-2)7-10(8-14)3-4-12/h3-4,7-8,13H,5-6H2,1-2H3/b4-3+,10-7+,11-9-. The summed E-state index contributed by atoms with van der Waals surface area (Å²) in [5.41, 5.74) is 1.59. The van der Waals surface area contributed by atoms with Crippen LogP contribution in [-0.4, -0.2) is 31.7 Å². The van der Waals surface area contributed by atoms with Gasteiger partial charge in [-0.2, -0.15) is 0 Å². The van der Waals surface area contributed by atoms with Gasteiger partial charge in [-0.15, -0.1) is 0 Å². The maximum atomic E-state index is 10.6. The normalized spacial score (nSPS) is 13.6. The molecule has 0 saturated carbocycles. The molecule has 0 spiro atoms. The number of carbonyl (C=O) groups excluding carboxylic acids is 1. The molecule has 0 radical (unpaired) electrons. The number of allylic oxidation sites excluding steroid dienone is 4. The van der Waals surface area contributed by atoms with Gasteiger partial charge in [0.15, 0.2) is 5.76 Å². The van der Waals surface area contributed by atoms with Gasteiger partial charge in [0.25, 0.3) is 0 Å². The Morgan fingerprint density at radius 1 is 1.50 bits per heavy atom. The Hall–Kier alpha value is -1.26. The molecule has 0 amide bonds. The second-order valence-electron chi connectivity index (χ2n) is 2.75. The molecule has 0 aliphatic rings. The van der Waals surface area contributed by atoms with Crippen molar-refractivity contribution in [3.05, 3.63) is 34.8 Å². The van der Waals surface area contributed by atoms with Crippen LogP contribution in [0.15, 0.2) is 34.8 Å². The zero-order chi connectivity index (χ0) is 12.4. The first-order valence-electron chi connectivity index (χ1n) is 4.61. The van der Waals surface area contributed by atoms with Crippen molar-refractivity contribution in [2.75, 3.05) is 20.3 Å². The molecule has 0 aromatic rings. The Labute approximate surface area is 99.8 Å². The highest BCUT2D eigenvalue weighted by atomic mass is 35.5. The largest absolute Gasteiger partial charge is 0.493 e. The van der Waals surface area contributed by atoms with Gasteiger partial charge in [-0.1, -0.05) is 11.6 Å². The van der Waals surface area contributed by atoms with Crippen LogP contribution < -0.4 is 0 Å². The highest BCUT2D eigenvalue weighted by Gasteiger charge is 2.02. The summed E-state index contributed by atoms with van der Waals surface area (Å²) in [6, 6.07) is 0. The molecule has 0 heterocycles. The quantitative estimate of drug-likeness (QED) is 0.322. The summed E-state index contributed by atoms with van der Waals surface area (Å²) in [6.07, 6.45) is 3.59. The number of methoxy groups -OCH3 is 1. The van der Waals surface area contributed by atoms with Gasteiger partial charge in [0.05, 0.1) is 13.7 Å². The molecule has 16 heavy (non-hydrogen) atoms. The van der Waals surface area contributed by atoms with Gasteiger partial charge in [-0.25, -0.2) is 0 Å². The van der Waals surface area contributed by atoms with Crippen LogP contribution in [0.3, 0.4) is 0 Å². The Morgan fingerprint density at radius 2 is 2.19 bits per heavy atom. The van der Waals surface area contributed by atoms with Crippen LogP contribution in [0.1, 0.15) is 6.92 Å². The maximum absolute atomic E-state index is 10.6. The second kappa shape index (κ2) is 9.00. The van der Waals surface area contributed by atoms with Gasteiger partial charge in [-0.05, 0) is 19.1 Å². The van der Waals surface area contributed by atoms with E-state index < -0.39 is 0 Å². The Morgan fingerprint density at radius 3 is 2.62 bits per heavy atom.